The molecule has 214 valence electrons. The number of aryl methyl sites for hydroxylation is 2. The molecule has 0 radical (unpaired) electrons. The third kappa shape index (κ3) is 5.34. The monoisotopic (exact) mass is 564 g/mol. The molecule has 1 aliphatic heterocycles. The second-order valence-electron chi connectivity index (χ2n) is 11.8. The summed E-state index contributed by atoms with van der Waals surface area (Å²) in [5.74, 6) is 0.200. The molecule has 42 heavy (non-hydrogen) atoms. The zero-order valence-electron chi connectivity index (χ0n) is 24.2. The van der Waals surface area contributed by atoms with E-state index in [1.807, 2.05) is 80.9 Å². The molecule has 6 rings (SSSR count). The minimum absolute atomic E-state index is 0.162. The quantitative estimate of drug-likeness (QED) is 0.227. The Morgan fingerprint density at radius 1 is 1.05 bits per heavy atom. The molecule has 5 aromatic rings. The fraction of sp³-hybridized carbons (Fsp3) is 0.257. The van der Waals surface area contributed by atoms with Crippen LogP contribution in [0.5, 0.6) is 11.5 Å². The fourth-order valence-corrected chi connectivity index (χ4v) is 5.63. The lowest BCUT2D eigenvalue weighted by Crippen LogP contribution is -2.24. The number of aromatic nitrogens is 2. The maximum Gasteiger partial charge on any atom is 0.307 e. The van der Waals surface area contributed by atoms with Crippen LogP contribution in [-0.4, -0.2) is 32.7 Å². The van der Waals surface area contributed by atoms with E-state index in [-0.39, 0.29) is 12.2 Å². The van der Waals surface area contributed by atoms with Gasteiger partial charge in [0.15, 0.2) is 0 Å². The Bertz CT molecular complexity index is 1830. The SMILES string of the molecule is Cc1cn2cc(-c3cccc(-c4ccccc4F)c3)nc2c(-c2cc3c(cc2OC(C)(C)C)OCCC3)c1CC(=O)O. The van der Waals surface area contributed by atoms with Crippen molar-refractivity contribution in [1.82, 2.24) is 9.38 Å². The van der Waals surface area contributed by atoms with Gasteiger partial charge in [0.25, 0.3) is 0 Å². The Balaban J connectivity index is 1.59. The third-order valence-corrected chi connectivity index (χ3v) is 7.43. The molecule has 0 saturated carbocycles. The smallest absolute Gasteiger partial charge is 0.307 e. The average Bonchev–Trinajstić information content (AvgIpc) is 3.36. The first-order valence-electron chi connectivity index (χ1n) is 14.1. The molecule has 0 spiro atoms. The summed E-state index contributed by atoms with van der Waals surface area (Å²) in [4.78, 5) is 17.2. The Labute approximate surface area is 244 Å². The lowest BCUT2D eigenvalue weighted by molar-refractivity contribution is -0.136. The van der Waals surface area contributed by atoms with Crippen LogP contribution >= 0.6 is 0 Å². The van der Waals surface area contributed by atoms with Crippen molar-refractivity contribution in [2.75, 3.05) is 6.61 Å². The van der Waals surface area contributed by atoms with Crippen LogP contribution in [0.1, 0.15) is 43.9 Å². The number of carboxylic acids is 1. The second-order valence-corrected chi connectivity index (χ2v) is 11.8. The minimum atomic E-state index is -0.923. The molecule has 0 amide bonds. The van der Waals surface area contributed by atoms with E-state index in [4.69, 9.17) is 14.5 Å². The Morgan fingerprint density at radius 2 is 1.83 bits per heavy atom. The maximum atomic E-state index is 14.6. The van der Waals surface area contributed by atoms with E-state index in [9.17, 15) is 14.3 Å². The number of nitrogens with zero attached hydrogens (tertiary/aromatic N) is 2. The van der Waals surface area contributed by atoms with Gasteiger partial charge in [0.1, 0.15) is 28.6 Å². The van der Waals surface area contributed by atoms with E-state index in [0.717, 1.165) is 52.0 Å². The second kappa shape index (κ2) is 10.6. The number of hydrogen-bond donors (Lipinski definition) is 1. The van der Waals surface area contributed by atoms with E-state index in [0.29, 0.717) is 34.8 Å². The van der Waals surface area contributed by atoms with Crippen molar-refractivity contribution in [1.29, 1.82) is 0 Å². The maximum absolute atomic E-state index is 14.6. The molecule has 0 unspecified atom stereocenters. The summed E-state index contributed by atoms with van der Waals surface area (Å²) in [6, 6.07) is 18.3. The molecule has 0 fully saturated rings. The number of fused-ring (bicyclic) bond motifs is 2. The van der Waals surface area contributed by atoms with Gasteiger partial charge in [0.05, 0.1) is 18.7 Å². The first-order chi connectivity index (χ1) is 20.1. The van der Waals surface area contributed by atoms with Crippen LogP contribution in [0.3, 0.4) is 0 Å². The first-order valence-corrected chi connectivity index (χ1v) is 14.1. The van der Waals surface area contributed by atoms with Gasteiger partial charge >= 0.3 is 5.97 Å². The number of rotatable bonds is 6. The minimum Gasteiger partial charge on any atom is -0.493 e. The van der Waals surface area contributed by atoms with Crippen LogP contribution in [0, 0.1) is 12.7 Å². The number of halogens is 1. The number of aliphatic carboxylic acids is 1. The molecule has 0 atom stereocenters. The molecule has 3 aromatic carbocycles. The summed E-state index contributed by atoms with van der Waals surface area (Å²) in [6.45, 7) is 8.52. The molecular formula is C35H33FN2O4. The van der Waals surface area contributed by atoms with Crippen molar-refractivity contribution in [2.24, 2.45) is 0 Å². The summed E-state index contributed by atoms with van der Waals surface area (Å²) in [5.41, 5.74) is 7.00. The van der Waals surface area contributed by atoms with Gasteiger partial charge in [-0.05, 0) is 81.0 Å². The number of hydrogen-bond acceptors (Lipinski definition) is 4. The van der Waals surface area contributed by atoms with E-state index >= 15 is 0 Å². The molecule has 2 aromatic heterocycles. The summed E-state index contributed by atoms with van der Waals surface area (Å²) < 4.78 is 29.0. The van der Waals surface area contributed by atoms with E-state index in [1.54, 1.807) is 12.1 Å². The van der Waals surface area contributed by atoms with Crippen LogP contribution in [0.15, 0.2) is 73.1 Å². The first kappa shape index (κ1) is 27.5. The van der Waals surface area contributed by atoms with E-state index < -0.39 is 11.6 Å². The Hall–Kier alpha value is -4.65. The van der Waals surface area contributed by atoms with Gasteiger partial charge < -0.3 is 19.0 Å². The van der Waals surface area contributed by atoms with Gasteiger partial charge in [-0.15, -0.1) is 0 Å². The molecular weight excluding hydrogens is 531 g/mol. The fourth-order valence-electron chi connectivity index (χ4n) is 5.63. The van der Waals surface area contributed by atoms with E-state index in [1.165, 1.54) is 6.07 Å². The van der Waals surface area contributed by atoms with Crippen molar-refractivity contribution in [2.45, 2.75) is 52.6 Å². The lowest BCUT2D eigenvalue weighted by atomic mass is 9.92. The molecule has 7 heteroatoms. The standard InChI is InChI=1S/C35H33FN2O4/c1-21-19-38-20-29(23-10-7-9-22(15-23)25-12-5-6-13-28(25)36)37-34(38)33(26(21)17-32(39)40)27-16-24-11-8-14-41-30(24)18-31(27)42-35(2,3)4/h5-7,9-10,12-13,15-16,18-20H,8,11,14,17H2,1-4H3,(H,39,40). The van der Waals surface area contributed by atoms with Crippen molar-refractivity contribution < 1.29 is 23.8 Å². The van der Waals surface area contributed by atoms with Gasteiger partial charge in [-0.1, -0.05) is 36.4 Å². The molecule has 6 nitrogen and oxygen atoms in total. The number of pyridine rings is 1. The van der Waals surface area contributed by atoms with Crippen LogP contribution < -0.4 is 9.47 Å². The topological polar surface area (TPSA) is 73.1 Å². The summed E-state index contributed by atoms with van der Waals surface area (Å²) in [6.07, 6.45) is 5.45. The molecule has 1 aliphatic rings. The molecule has 3 heterocycles. The normalized spacial score (nSPS) is 13.1. The largest absolute Gasteiger partial charge is 0.493 e. The van der Waals surface area contributed by atoms with Crippen LogP contribution in [-0.2, 0) is 17.6 Å². The lowest BCUT2D eigenvalue weighted by Gasteiger charge is -2.27. The number of imidazole rings is 1. The molecule has 1 N–H and O–H groups in total. The highest BCUT2D eigenvalue weighted by Crippen LogP contribution is 2.43. The van der Waals surface area contributed by atoms with E-state index in [2.05, 4.69) is 6.07 Å². The van der Waals surface area contributed by atoms with Crippen molar-refractivity contribution in [3.05, 3.63) is 95.6 Å². The summed E-state index contributed by atoms with van der Waals surface area (Å²) in [7, 11) is 0. The van der Waals surface area contributed by atoms with Gasteiger partial charge in [-0.2, -0.15) is 0 Å². The van der Waals surface area contributed by atoms with Gasteiger partial charge in [-0.25, -0.2) is 9.37 Å². The molecule has 0 bridgehead atoms. The zero-order chi connectivity index (χ0) is 29.6. The Kier molecular flexibility index (Phi) is 6.97. The number of carbonyl (C=O) groups is 1. The Morgan fingerprint density at radius 3 is 2.60 bits per heavy atom. The number of benzene rings is 3. The van der Waals surface area contributed by atoms with Gasteiger partial charge in [0, 0.05) is 40.7 Å². The van der Waals surface area contributed by atoms with Gasteiger partial charge in [-0.3, -0.25) is 4.79 Å². The predicted octanol–water partition coefficient (Wildman–Crippen LogP) is 7.91. The summed E-state index contributed by atoms with van der Waals surface area (Å²) >= 11 is 0. The van der Waals surface area contributed by atoms with Crippen LogP contribution in [0.2, 0.25) is 0 Å². The molecule has 0 saturated heterocycles. The number of carboxylic acid groups (broad SMARTS) is 1. The highest BCUT2D eigenvalue weighted by molar-refractivity contribution is 5.90. The predicted molar refractivity (Wildman–Crippen MR) is 162 cm³/mol. The van der Waals surface area contributed by atoms with Gasteiger partial charge in [0.2, 0.25) is 0 Å². The molecule has 0 aliphatic carbocycles. The zero-order valence-corrected chi connectivity index (χ0v) is 24.2. The average molecular weight is 565 g/mol. The highest BCUT2D eigenvalue weighted by atomic mass is 19.1. The van der Waals surface area contributed by atoms with Crippen molar-refractivity contribution in [3.63, 3.8) is 0 Å². The van der Waals surface area contributed by atoms with Crippen LogP contribution in [0.4, 0.5) is 4.39 Å². The third-order valence-electron chi connectivity index (χ3n) is 7.43. The van der Waals surface area contributed by atoms with Crippen LogP contribution in [0.25, 0.3) is 39.2 Å². The summed E-state index contributed by atoms with van der Waals surface area (Å²) in [5, 5.41) is 9.92. The number of ether oxygens (including phenoxy) is 2. The van der Waals surface area contributed by atoms with Crippen molar-refractivity contribution in [3.8, 4) is 45.0 Å². The van der Waals surface area contributed by atoms with Crippen molar-refractivity contribution >= 4 is 11.6 Å². The highest BCUT2D eigenvalue weighted by Gasteiger charge is 2.26.